The highest BCUT2D eigenvalue weighted by atomic mass is 16.5. The van der Waals surface area contributed by atoms with Crippen LogP contribution in [0.1, 0.15) is 0 Å². The molecule has 4 rings (SSSR count). The molecule has 136 valence electrons. The van der Waals surface area contributed by atoms with Gasteiger partial charge in [0.1, 0.15) is 5.75 Å². The topological polar surface area (TPSA) is 45.0 Å². The van der Waals surface area contributed by atoms with Crippen molar-refractivity contribution in [2.24, 2.45) is 0 Å². The maximum absolute atomic E-state index is 5.45. The van der Waals surface area contributed by atoms with Crippen LogP contribution in [0.15, 0.2) is 67.3 Å². The van der Waals surface area contributed by atoms with E-state index < -0.39 is 0 Å². The summed E-state index contributed by atoms with van der Waals surface area (Å²) in [5, 5.41) is 0. The number of fused-ring (bicyclic) bond motifs is 1. The lowest BCUT2D eigenvalue weighted by Gasteiger charge is -2.12. The summed E-state index contributed by atoms with van der Waals surface area (Å²) in [7, 11) is 4.95. The summed E-state index contributed by atoms with van der Waals surface area (Å²) in [5.74, 6) is 2.24. The smallest absolute Gasteiger partial charge is 0.161 e. The van der Waals surface area contributed by atoms with Crippen molar-refractivity contribution in [1.29, 1.82) is 0 Å². The van der Waals surface area contributed by atoms with Crippen LogP contribution in [0, 0.1) is 0 Å². The van der Waals surface area contributed by atoms with Gasteiger partial charge in [-0.05, 0) is 47.0 Å². The van der Waals surface area contributed by atoms with Crippen LogP contribution in [-0.4, -0.2) is 30.7 Å². The van der Waals surface area contributed by atoms with Gasteiger partial charge in [-0.25, -0.2) is 4.98 Å². The van der Waals surface area contributed by atoms with Gasteiger partial charge in [0.15, 0.2) is 11.5 Å². The summed E-state index contributed by atoms with van der Waals surface area (Å²) in [6.45, 7) is 0. The van der Waals surface area contributed by atoms with Gasteiger partial charge in [0.2, 0.25) is 0 Å². The van der Waals surface area contributed by atoms with E-state index in [-0.39, 0.29) is 0 Å². The Hall–Kier alpha value is -3.47. The molecule has 2 heterocycles. The first-order valence-corrected chi connectivity index (χ1v) is 8.56. The van der Waals surface area contributed by atoms with Crippen LogP contribution in [0.5, 0.6) is 17.2 Å². The number of imidazole rings is 1. The minimum atomic E-state index is 0.701. The second-order valence-electron chi connectivity index (χ2n) is 6.13. The largest absolute Gasteiger partial charge is 0.497 e. The molecule has 0 amide bonds. The van der Waals surface area contributed by atoms with E-state index in [2.05, 4.69) is 29.4 Å². The number of pyridine rings is 1. The highest BCUT2D eigenvalue weighted by molar-refractivity contribution is 5.84. The molecule has 5 nitrogen and oxygen atoms in total. The highest BCUT2D eigenvalue weighted by Crippen LogP contribution is 2.35. The average molecular weight is 360 g/mol. The van der Waals surface area contributed by atoms with Gasteiger partial charge in [-0.2, -0.15) is 0 Å². The van der Waals surface area contributed by atoms with Crippen LogP contribution < -0.4 is 14.2 Å². The van der Waals surface area contributed by atoms with Crippen LogP contribution in [-0.2, 0) is 0 Å². The maximum atomic E-state index is 5.45. The second-order valence-corrected chi connectivity index (χ2v) is 6.13. The van der Waals surface area contributed by atoms with Crippen molar-refractivity contribution in [3.63, 3.8) is 0 Å². The van der Waals surface area contributed by atoms with E-state index >= 15 is 0 Å². The van der Waals surface area contributed by atoms with Crippen LogP contribution in [0.25, 0.3) is 27.8 Å². The molecule has 4 aromatic rings. The SMILES string of the molecule is COc1ccc(-c2cc(-c3ccc(OC)c(OC)c3)cn3cncc23)cc1. The standard InChI is InChI=1S/C22H20N2O3/c1-25-18-7-4-15(5-8-18)19-10-17(13-24-14-23-12-20(19)24)16-6-9-21(26-2)22(11-16)27-3/h4-14H,1-3H3. The number of rotatable bonds is 5. The molecule has 0 atom stereocenters. The van der Waals surface area contributed by atoms with Gasteiger partial charge in [-0.15, -0.1) is 0 Å². The quantitative estimate of drug-likeness (QED) is 0.518. The van der Waals surface area contributed by atoms with Crippen molar-refractivity contribution in [2.45, 2.75) is 0 Å². The minimum absolute atomic E-state index is 0.701. The summed E-state index contributed by atoms with van der Waals surface area (Å²) < 4.78 is 18.1. The minimum Gasteiger partial charge on any atom is -0.497 e. The maximum Gasteiger partial charge on any atom is 0.161 e. The lowest BCUT2D eigenvalue weighted by Crippen LogP contribution is -1.93. The molecular weight excluding hydrogens is 340 g/mol. The van der Waals surface area contributed by atoms with Gasteiger partial charge in [-0.1, -0.05) is 18.2 Å². The average Bonchev–Trinajstić information content (AvgIpc) is 3.21. The summed E-state index contributed by atoms with van der Waals surface area (Å²) in [5.41, 5.74) is 5.35. The number of hydrogen-bond donors (Lipinski definition) is 0. The second kappa shape index (κ2) is 7.03. The summed E-state index contributed by atoms with van der Waals surface area (Å²) in [6, 6.07) is 16.1. The number of benzene rings is 2. The lowest BCUT2D eigenvalue weighted by atomic mass is 10.00. The van der Waals surface area contributed by atoms with Gasteiger partial charge in [-0.3, -0.25) is 0 Å². The Morgan fingerprint density at radius 2 is 1.48 bits per heavy atom. The van der Waals surface area contributed by atoms with Crippen LogP contribution in [0.4, 0.5) is 0 Å². The highest BCUT2D eigenvalue weighted by Gasteiger charge is 2.11. The number of aromatic nitrogens is 2. The molecule has 5 heteroatoms. The van der Waals surface area contributed by atoms with E-state index in [4.69, 9.17) is 14.2 Å². The summed E-state index contributed by atoms with van der Waals surface area (Å²) >= 11 is 0. The third-order valence-corrected chi connectivity index (χ3v) is 4.64. The van der Waals surface area contributed by atoms with E-state index in [1.54, 1.807) is 21.3 Å². The number of hydrogen-bond acceptors (Lipinski definition) is 4. The molecule has 0 aliphatic carbocycles. The van der Waals surface area contributed by atoms with Crippen LogP contribution in [0.3, 0.4) is 0 Å². The molecule has 0 fully saturated rings. The van der Waals surface area contributed by atoms with Gasteiger partial charge < -0.3 is 18.6 Å². The zero-order chi connectivity index (χ0) is 18.8. The van der Waals surface area contributed by atoms with E-state index in [1.807, 2.05) is 47.3 Å². The predicted octanol–water partition coefficient (Wildman–Crippen LogP) is 4.69. The first-order chi connectivity index (χ1) is 13.2. The van der Waals surface area contributed by atoms with Crippen LogP contribution >= 0.6 is 0 Å². The fourth-order valence-electron chi connectivity index (χ4n) is 3.21. The third-order valence-electron chi connectivity index (χ3n) is 4.64. The molecule has 0 N–H and O–H groups in total. The van der Waals surface area contributed by atoms with Gasteiger partial charge in [0.05, 0.1) is 39.4 Å². The Labute approximate surface area is 157 Å². The van der Waals surface area contributed by atoms with Gasteiger partial charge in [0.25, 0.3) is 0 Å². The van der Waals surface area contributed by atoms with Crippen molar-refractivity contribution in [3.8, 4) is 39.5 Å². The Morgan fingerprint density at radius 1 is 0.741 bits per heavy atom. The first-order valence-electron chi connectivity index (χ1n) is 8.56. The zero-order valence-corrected chi connectivity index (χ0v) is 15.5. The molecule has 27 heavy (non-hydrogen) atoms. The molecule has 0 aliphatic rings. The monoisotopic (exact) mass is 360 g/mol. The van der Waals surface area contributed by atoms with E-state index in [1.165, 1.54) is 0 Å². The van der Waals surface area contributed by atoms with Crippen LogP contribution in [0.2, 0.25) is 0 Å². The molecular formula is C22H20N2O3. The molecule has 0 radical (unpaired) electrons. The normalized spacial score (nSPS) is 10.8. The molecule has 0 saturated heterocycles. The Bertz CT molecular complexity index is 1080. The van der Waals surface area contributed by atoms with Crippen molar-refractivity contribution < 1.29 is 14.2 Å². The molecule has 0 aliphatic heterocycles. The summed E-state index contributed by atoms with van der Waals surface area (Å²) in [4.78, 5) is 4.31. The van der Waals surface area contributed by atoms with E-state index in [9.17, 15) is 0 Å². The predicted molar refractivity (Wildman–Crippen MR) is 106 cm³/mol. The summed E-state index contributed by atoms with van der Waals surface area (Å²) in [6.07, 6.45) is 5.75. The van der Waals surface area contributed by atoms with Gasteiger partial charge >= 0.3 is 0 Å². The van der Waals surface area contributed by atoms with Crippen molar-refractivity contribution >= 4 is 5.52 Å². The number of methoxy groups -OCH3 is 3. The van der Waals surface area contributed by atoms with Crippen molar-refractivity contribution in [3.05, 3.63) is 67.3 Å². The molecule has 0 unspecified atom stereocenters. The Kier molecular flexibility index (Phi) is 4.42. The Balaban J connectivity index is 1.87. The molecule has 2 aromatic heterocycles. The first kappa shape index (κ1) is 17.0. The molecule has 2 aromatic carbocycles. The number of ether oxygens (including phenoxy) is 3. The molecule has 0 bridgehead atoms. The lowest BCUT2D eigenvalue weighted by molar-refractivity contribution is 0.355. The fourth-order valence-corrected chi connectivity index (χ4v) is 3.21. The third kappa shape index (κ3) is 3.08. The Morgan fingerprint density at radius 3 is 2.19 bits per heavy atom. The van der Waals surface area contributed by atoms with Crippen molar-refractivity contribution in [2.75, 3.05) is 21.3 Å². The molecule has 0 saturated carbocycles. The zero-order valence-electron chi connectivity index (χ0n) is 15.5. The fraction of sp³-hybridized carbons (Fsp3) is 0.136. The number of nitrogens with zero attached hydrogens (tertiary/aromatic N) is 2. The van der Waals surface area contributed by atoms with E-state index in [0.717, 1.165) is 33.5 Å². The molecule has 0 spiro atoms. The van der Waals surface area contributed by atoms with Crippen molar-refractivity contribution in [1.82, 2.24) is 9.38 Å². The van der Waals surface area contributed by atoms with E-state index in [0.29, 0.717) is 11.5 Å². The van der Waals surface area contributed by atoms with Gasteiger partial charge in [0, 0.05) is 11.8 Å².